The Morgan fingerprint density at radius 1 is 0.356 bits per heavy atom. The zero-order valence-corrected chi connectivity index (χ0v) is 34.3. The van der Waals surface area contributed by atoms with Gasteiger partial charge in [-0.1, -0.05) is 140 Å². The van der Waals surface area contributed by atoms with Crippen LogP contribution in [0, 0.1) is 0 Å². The lowest BCUT2D eigenvalue weighted by Gasteiger charge is -2.31. The number of benzene rings is 6. The summed E-state index contributed by atoms with van der Waals surface area (Å²) >= 11 is 0. The van der Waals surface area contributed by atoms with Gasteiger partial charge in [0.1, 0.15) is 0 Å². The molecule has 0 atom stereocenters. The average Bonchev–Trinajstić information content (AvgIpc) is 3.76. The summed E-state index contributed by atoms with van der Waals surface area (Å²) in [7, 11) is -1.42. The summed E-state index contributed by atoms with van der Waals surface area (Å²) in [5.41, 5.74) is 20.9. The van der Waals surface area contributed by atoms with Crippen molar-refractivity contribution in [3.63, 3.8) is 0 Å². The van der Waals surface area contributed by atoms with Gasteiger partial charge >= 0.3 is 0 Å². The number of hydrogen-bond acceptors (Lipinski definition) is 3. The maximum absolute atomic E-state index is 5.08. The van der Waals surface area contributed by atoms with Crippen LogP contribution < -0.4 is 5.19 Å². The first-order valence-electron chi connectivity index (χ1n) is 20.4. The number of nitrogens with zero attached hydrogens (tertiary/aromatic N) is 3. The standard InChI is InChI=1S/C55H41N3Si/c1-59(2,3)44-23-19-36(20-24-44)39-21-25-47-48-26-22-40(31-52(48)55(51(47)30-39)49-17-6-4-15-45(49)46-16-5-7-18-50(46)55)37-11-8-12-38(29-37)43-32-53(41-13-9-27-56-34-41)58-54(33-43)42-14-10-28-57-35-42/h4-35H,1-3H3. The maximum atomic E-state index is 5.08. The van der Waals surface area contributed by atoms with Gasteiger partial charge < -0.3 is 0 Å². The van der Waals surface area contributed by atoms with E-state index < -0.39 is 13.5 Å². The molecule has 4 heteroatoms. The summed E-state index contributed by atoms with van der Waals surface area (Å²) in [5, 5.41) is 1.48. The Hall–Kier alpha value is -7.01. The molecule has 11 rings (SSSR count). The van der Waals surface area contributed by atoms with E-state index in [1.54, 1.807) is 12.4 Å². The predicted octanol–water partition coefficient (Wildman–Crippen LogP) is 13.1. The van der Waals surface area contributed by atoms with Crippen molar-refractivity contribution >= 4 is 13.3 Å². The second-order valence-corrected chi connectivity index (χ2v) is 22.0. The molecule has 0 N–H and O–H groups in total. The lowest BCUT2D eigenvalue weighted by molar-refractivity contribution is 0.794. The fourth-order valence-electron chi connectivity index (χ4n) is 9.56. The molecule has 2 aliphatic carbocycles. The topological polar surface area (TPSA) is 38.7 Å². The summed E-state index contributed by atoms with van der Waals surface area (Å²) in [5.74, 6) is 0. The highest BCUT2D eigenvalue weighted by Crippen LogP contribution is 2.63. The van der Waals surface area contributed by atoms with Gasteiger partial charge in [-0.2, -0.15) is 0 Å². The van der Waals surface area contributed by atoms with E-state index in [4.69, 9.17) is 4.98 Å². The Morgan fingerprint density at radius 3 is 1.34 bits per heavy atom. The minimum absolute atomic E-state index is 0.456. The van der Waals surface area contributed by atoms with Gasteiger partial charge in [0.05, 0.1) is 24.9 Å². The molecular formula is C55H41N3Si. The third kappa shape index (κ3) is 5.66. The van der Waals surface area contributed by atoms with Crippen LogP contribution in [0.2, 0.25) is 19.6 Å². The van der Waals surface area contributed by atoms with Crippen molar-refractivity contribution in [2.45, 2.75) is 25.1 Å². The lowest BCUT2D eigenvalue weighted by Crippen LogP contribution is -2.37. The van der Waals surface area contributed by atoms with E-state index in [0.29, 0.717) is 0 Å². The molecule has 9 aromatic rings. The fraction of sp³-hybridized carbons (Fsp3) is 0.0727. The smallest absolute Gasteiger partial charge is 0.0775 e. The van der Waals surface area contributed by atoms with Crippen molar-refractivity contribution < 1.29 is 0 Å². The van der Waals surface area contributed by atoms with Gasteiger partial charge in [0.25, 0.3) is 0 Å². The number of hydrogen-bond donors (Lipinski definition) is 0. The molecule has 1 spiro atoms. The highest BCUT2D eigenvalue weighted by Gasteiger charge is 2.51. The van der Waals surface area contributed by atoms with E-state index in [1.165, 1.54) is 71.9 Å². The van der Waals surface area contributed by atoms with E-state index in [-0.39, 0.29) is 0 Å². The number of aromatic nitrogens is 3. The average molecular weight is 772 g/mol. The minimum Gasteiger partial charge on any atom is -0.264 e. The molecule has 2 aliphatic rings. The fourth-order valence-corrected chi connectivity index (χ4v) is 10.7. The van der Waals surface area contributed by atoms with Gasteiger partial charge in [-0.3, -0.25) is 9.97 Å². The van der Waals surface area contributed by atoms with Crippen molar-refractivity contribution in [2.24, 2.45) is 0 Å². The van der Waals surface area contributed by atoms with Gasteiger partial charge in [-0.15, -0.1) is 0 Å². The molecule has 59 heavy (non-hydrogen) atoms. The summed E-state index contributed by atoms with van der Waals surface area (Å²) in [6.07, 6.45) is 7.35. The molecule has 0 unspecified atom stereocenters. The molecule has 280 valence electrons. The van der Waals surface area contributed by atoms with E-state index in [9.17, 15) is 0 Å². The van der Waals surface area contributed by atoms with Crippen molar-refractivity contribution in [1.82, 2.24) is 15.0 Å². The first-order valence-corrected chi connectivity index (χ1v) is 23.9. The van der Waals surface area contributed by atoms with Gasteiger partial charge in [0.2, 0.25) is 0 Å². The number of fused-ring (bicyclic) bond motifs is 10. The monoisotopic (exact) mass is 771 g/mol. The van der Waals surface area contributed by atoms with Gasteiger partial charge in [-0.25, -0.2) is 4.98 Å². The summed E-state index contributed by atoms with van der Waals surface area (Å²) in [4.78, 5) is 13.9. The number of pyridine rings is 3. The molecule has 3 nitrogen and oxygen atoms in total. The third-order valence-corrected chi connectivity index (χ3v) is 14.5. The summed E-state index contributed by atoms with van der Waals surface area (Å²) in [6.45, 7) is 7.24. The SMILES string of the molecule is C[Si](C)(C)c1ccc(-c2ccc3c(c2)C2(c4ccccc4-c4ccccc42)c2cc(-c4cccc(-c5cc(-c6cccnc6)nc(-c6cccnc6)c5)c4)ccc2-3)cc1. The highest BCUT2D eigenvalue weighted by atomic mass is 28.3. The first kappa shape index (κ1) is 35.2. The number of rotatable bonds is 6. The van der Waals surface area contributed by atoms with Crippen molar-refractivity contribution in [2.75, 3.05) is 0 Å². The van der Waals surface area contributed by atoms with Crippen LogP contribution in [0.1, 0.15) is 22.3 Å². The molecular weight excluding hydrogens is 731 g/mol. The van der Waals surface area contributed by atoms with E-state index in [0.717, 1.165) is 33.6 Å². The van der Waals surface area contributed by atoms with Crippen LogP contribution in [-0.2, 0) is 5.41 Å². The van der Waals surface area contributed by atoms with Gasteiger partial charge in [-0.05, 0) is 132 Å². The van der Waals surface area contributed by atoms with Crippen molar-refractivity contribution in [3.8, 4) is 78.1 Å². The second-order valence-electron chi connectivity index (χ2n) is 16.9. The van der Waals surface area contributed by atoms with Gasteiger partial charge in [0, 0.05) is 35.9 Å². The summed E-state index contributed by atoms with van der Waals surface area (Å²) in [6, 6.07) is 63.2. The van der Waals surface area contributed by atoms with Crippen LogP contribution in [0.15, 0.2) is 195 Å². The predicted molar refractivity (Wildman–Crippen MR) is 246 cm³/mol. The van der Waals surface area contributed by atoms with Crippen LogP contribution in [0.25, 0.3) is 78.1 Å². The Bertz CT molecular complexity index is 2970. The van der Waals surface area contributed by atoms with E-state index in [1.807, 2.05) is 24.5 Å². The third-order valence-electron chi connectivity index (χ3n) is 12.4. The lowest BCUT2D eigenvalue weighted by atomic mass is 9.70. The van der Waals surface area contributed by atoms with Crippen LogP contribution in [-0.4, -0.2) is 23.0 Å². The molecule has 0 fully saturated rings. The Kier molecular flexibility index (Phi) is 8.07. The minimum atomic E-state index is -1.42. The molecule has 0 bridgehead atoms. The van der Waals surface area contributed by atoms with Crippen LogP contribution in [0.3, 0.4) is 0 Å². The van der Waals surface area contributed by atoms with Crippen LogP contribution in [0.4, 0.5) is 0 Å². The molecule has 3 aromatic heterocycles. The molecule has 0 saturated carbocycles. The Morgan fingerprint density at radius 2 is 0.814 bits per heavy atom. The largest absolute Gasteiger partial charge is 0.264 e. The summed E-state index contributed by atoms with van der Waals surface area (Å²) < 4.78 is 0. The second kappa shape index (κ2) is 13.5. The van der Waals surface area contributed by atoms with Crippen LogP contribution >= 0.6 is 0 Å². The van der Waals surface area contributed by atoms with Crippen LogP contribution in [0.5, 0.6) is 0 Å². The highest BCUT2D eigenvalue weighted by molar-refractivity contribution is 6.88. The van der Waals surface area contributed by atoms with Crippen molar-refractivity contribution in [1.29, 1.82) is 0 Å². The zero-order chi connectivity index (χ0) is 39.7. The molecule has 6 aromatic carbocycles. The quantitative estimate of drug-likeness (QED) is 0.158. The normalized spacial score (nSPS) is 13.1. The molecule has 0 radical (unpaired) electrons. The zero-order valence-electron chi connectivity index (χ0n) is 33.3. The van der Waals surface area contributed by atoms with Crippen molar-refractivity contribution in [3.05, 3.63) is 217 Å². The first-order chi connectivity index (χ1) is 28.9. The van der Waals surface area contributed by atoms with E-state index >= 15 is 0 Å². The Labute approximate surface area is 346 Å². The Balaban J connectivity index is 1.08. The van der Waals surface area contributed by atoms with Gasteiger partial charge in [0.15, 0.2) is 0 Å². The molecule has 0 amide bonds. The molecule has 3 heterocycles. The van der Waals surface area contributed by atoms with E-state index in [2.05, 4.69) is 187 Å². The molecule has 0 saturated heterocycles. The maximum Gasteiger partial charge on any atom is 0.0775 e. The molecule has 0 aliphatic heterocycles.